The van der Waals surface area contributed by atoms with Crippen molar-refractivity contribution in [2.24, 2.45) is 0 Å². The number of para-hydroxylation sites is 1. The van der Waals surface area contributed by atoms with Crippen molar-refractivity contribution in [3.8, 4) is 0 Å². The molecule has 1 fully saturated rings. The number of aromatic nitrogens is 3. The Hall–Kier alpha value is -2.89. The van der Waals surface area contributed by atoms with Crippen LogP contribution < -0.4 is 10.6 Å². The number of anilines is 1. The van der Waals surface area contributed by atoms with Gasteiger partial charge in [-0.3, -0.25) is 4.79 Å². The van der Waals surface area contributed by atoms with Gasteiger partial charge in [0.25, 0.3) is 5.91 Å². The minimum Gasteiger partial charge on any atom is -0.370 e. The smallest absolute Gasteiger partial charge is 0.270 e. The number of amides is 1. The number of carbonyl (C=O) groups is 1. The van der Waals surface area contributed by atoms with Gasteiger partial charge in [0.05, 0.1) is 0 Å². The van der Waals surface area contributed by atoms with Crippen LogP contribution in [0, 0.1) is 6.92 Å². The summed E-state index contributed by atoms with van der Waals surface area (Å²) in [6.45, 7) is 2.54. The Balaban J connectivity index is 1.42. The van der Waals surface area contributed by atoms with E-state index in [2.05, 4.69) is 37.7 Å². The second-order valence-corrected chi connectivity index (χ2v) is 6.47. The highest BCUT2D eigenvalue weighted by Crippen LogP contribution is 2.20. The number of carbonyl (C=O) groups excluding carboxylic acids is 1. The summed E-state index contributed by atoms with van der Waals surface area (Å²) in [5, 5.41) is 7.51. The number of nitrogens with one attached hydrogen (secondary N) is 3. The maximum Gasteiger partial charge on any atom is 0.270 e. The summed E-state index contributed by atoms with van der Waals surface area (Å²) in [5.74, 6) is 1.17. The van der Waals surface area contributed by atoms with Crippen LogP contribution in [0.2, 0.25) is 0 Å². The van der Waals surface area contributed by atoms with Crippen molar-refractivity contribution in [2.75, 3.05) is 11.9 Å². The lowest BCUT2D eigenvalue weighted by Crippen LogP contribution is -2.26. The number of fused-ring (bicyclic) bond motifs is 1. The molecule has 1 saturated carbocycles. The van der Waals surface area contributed by atoms with Crippen LogP contribution in [0.25, 0.3) is 10.9 Å². The predicted molar refractivity (Wildman–Crippen MR) is 97.7 cm³/mol. The predicted octanol–water partition coefficient (Wildman–Crippen LogP) is 2.81. The number of H-pyrrole nitrogens is 1. The van der Waals surface area contributed by atoms with E-state index in [0.717, 1.165) is 31.3 Å². The van der Waals surface area contributed by atoms with Crippen LogP contribution >= 0.6 is 0 Å². The van der Waals surface area contributed by atoms with Gasteiger partial charge in [-0.05, 0) is 37.8 Å². The Morgan fingerprint density at radius 1 is 1.28 bits per heavy atom. The molecular formula is C19H21N5O. The zero-order valence-corrected chi connectivity index (χ0v) is 14.2. The van der Waals surface area contributed by atoms with Crippen molar-refractivity contribution >= 4 is 22.6 Å². The molecule has 0 bridgehead atoms. The van der Waals surface area contributed by atoms with Gasteiger partial charge in [-0.1, -0.05) is 18.2 Å². The first-order chi connectivity index (χ1) is 12.2. The lowest BCUT2D eigenvalue weighted by molar-refractivity contribution is 0.0945. The first kappa shape index (κ1) is 15.6. The third-order valence-electron chi connectivity index (χ3n) is 4.36. The van der Waals surface area contributed by atoms with Gasteiger partial charge < -0.3 is 15.6 Å². The van der Waals surface area contributed by atoms with E-state index >= 15 is 0 Å². The van der Waals surface area contributed by atoms with Crippen molar-refractivity contribution in [3.63, 3.8) is 0 Å². The first-order valence-electron chi connectivity index (χ1n) is 8.64. The van der Waals surface area contributed by atoms with E-state index in [9.17, 15) is 4.79 Å². The maximum atomic E-state index is 12.2. The number of benzene rings is 1. The fourth-order valence-electron chi connectivity index (χ4n) is 2.93. The van der Waals surface area contributed by atoms with Gasteiger partial charge in [0, 0.05) is 35.8 Å². The van der Waals surface area contributed by atoms with Crippen molar-refractivity contribution in [1.29, 1.82) is 0 Å². The minimum atomic E-state index is -0.118. The molecule has 128 valence electrons. The molecule has 0 aliphatic heterocycles. The van der Waals surface area contributed by atoms with E-state index in [0.29, 0.717) is 23.4 Å². The highest BCUT2D eigenvalue weighted by atomic mass is 16.2. The number of hydrogen-bond acceptors (Lipinski definition) is 4. The van der Waals surface area contributed by atoms with Crippen LogP contribution in [-0.4, -0.2) is 33.4 Å². The number of aryl methyl sites for hydroxylation is 1. The fourth-order valence-corrected chi connectivity index (χ4v) is 2.93. The molecule has 0 unspecified atom stereocenters. The third-order valence-corrected chi connectivity index (χ3v) is 4.36. The van der Waals surface area contributed by atoms with E-state index in [-0.39, 0.29) is 5.91 Å². The Bertz CT molecular complexity index is 913. The minimum absolute atomic E-state index is 0.118. The van der Waals surface area contributed by atoms with Crippen molar-refractivity contribution < 1.29 is 4.79 Å². The van der Waals surface area contributed by atoms with E-state index in [1.54, 1.807) is 13.0 Å². The van der Waals surface area contributed by atoms with Crippen LogP contribution in [0.3, 0.4) is 0 Å². The lowest BCUT2D eigenvalue weighted by atomic mass is 10.1. The van der Waals surface area contributed by atoms with E-state index in [1.807, 2.05) is 18.3 Å². The monoisotopic (exact) mass is 335 g/mol. The SMILES string of the molecule is Cc1nc(NCCc2c[nH]c3ccccc23)cc(C(=O)NC2CC2)n1. The standard InChI is InChI=1S/C19H21N5O/c1-12-22-17(19(25)24-14-6-7-14)10-18(23-12)20-9-8-13-11-21-16-5-3-2-4-15(13)16/h2-5,10-11,14,21H,6-9H2,1H3,(H,24,25)(H,20,22,23). The van der Waals surface area contributed by atoms with Gasteiger partial charge in [0.1, 0.15) is 17.3 Å². The Labute approximate surface area is 146 Å². The highest BCUT2D eigenvalue weighted by molar-refractivity contribution is 5.93. The summed E-state index contributed by atoms with van der Waals surface area (Å²) in [6, 6.07) is 10.3. The molecule has 6 heteroatoms. The van der Waals surface area contributed by atoms with Crippen LogP contribution in [0.5, 0.6) is 0 Å². The van der Waals surface area contributed by atoms with Crippen LogP contribution in [0.15, 0.2) is 36.5 Å². The summed E-state index contributed by atoms with van der Waals surface area (Å²) in [7, 11) is 0. The molecule has 1 aliphatic carbocycles. The second kappa shape index (κ2) is 6.55. The largest absolute Gasteiger partial charge is 0.370 e. The molecule has 0 radical (unpaired) electrons. The zero-order valence-electron chi connectivity index (χ0n) is 14.2. The topological polar surface area (TPSA) is 82.7 Å². The number of aromatic amines is 1. The normalized spacial score (nSPS) is 13.8. The molecule has 4 rings (SSSR count). The maximum absolute atomic E-state index is 12.2. The molecule has 3 aromatic rings. The molecule has 6 nitrogen and oxygen atoms in total. The molecule has 1 amide bonds. The van der Waals surface area contributed by atoms with E-state index in [4.69, 9.17) is 0 Å². The molecule has 2 aromatic heterocycles. The summed E-state index contributed by atoms with van der Waals surface area (Å²) in [5.41, 5.74) is 2.84. The van der Waals surface area contributed by atoms with Gasteiger partial charge in [-0.15, -0.1) is 0 Å². The van der Waals surface area contributed by atoms with Crippen molar-refractivity contribution in [1.82, 2.24) is 20.3 Å². The molecule has 25 heavy (non-hydrogen) atoms. The van der Waals surface area contributed by atoms with Crippen molar-refractivity contribution in [3.05, 3.63) is 53.6 Å². The fraction of sp³-hybridized carbons (Fsp3) is 0.316. The summed E-state index contributed by atoms with van der Waals surface area (Å²) >= 11 is 0. The molecule has 0 atom stereocenters. The molecule has 1 aromatic carbocycles. The van der Waals surface area contributed by atoms with Crippen LogP contribution in [0.4, 0.5) is 5.82 Å². The lowest BCUT2D eigenvalue weighted by Gasteiger charge is -2.09. The van der Waals surface area contributed by atoms with Crippen molar-refractivity contribution in [2.45, 2.75) is 32.2 Å². The first-order valence-corrected chi connectivity index (χ1v) is 8.64. The Morgan fingerprint density at radius 2 is 2.12 bits per heavy atom. The summed E-state index contributed by atoms with van der Waals surface area (Å²) < 4.78 is 0. The average molecular weight is 335 g/mol. The van der Waals surface area contributed by atoms with E-state index in [1.165, 1.54) is 10.9 Å². The number of rotatable bonds is 6. The highest BCUT2D eigenvalue weighted by Gasteiger charge is 2.24. The van der Waals surface area contributed by atoms with Gasteiger partial charge >= 0.3 is 0 Å². The average Bonchev–Trinajstić information content (AvgIpc) is 3.33. The van der Waals surface area contributed by atoms with E-state index < -0.39 is 0 Å². The molecule has 3 N–H and O–H groups in total. The molecule has 1 aliphatic rings. The Kier molecular flexibility index (Phi) is 4.09. The second-order valence-electron chi connectivity index (χ2n) is 6.47. The van der Waals surface area contributed by atoms with Crippen LogP contribution in [0.1, 0.15) is 34.7 Å². The quantitative estimate of drug-likeness (QED) is 0.647. The third kappa shape index (κ3) is 3.63. The summed E-state index contributed by atoms with van der Waals surface area (Å²) in [6.07, 6.45) is 5.04. The zero-order chi connectivity index (χ0) is 17.2. The molecule has 0 spiro atoms. The van der Waals surface area contributed by atoms with Gasteiger partial charge in [0.2, 0.25) is 0 Å². The summed E-state index contributed by atoms with van der Waals surface area (Å²) in [4.78, 5) is 24.1. The number of nitrogens with zero attached hydrogens (tertiary/aromatic N) is 2. The number of hydrogen-bond donors (Lipinski definition) is 3. The van der Waals surface area contributed by atoms with Gasteiger partial charge in [-0.2, -0.15) is 0 Å². The van der Waals surface area contributed by atoms with Gasteiger partial charge in [0.15, 0.2) is 0 Å². The Morgan fingerprint density at radius 3 is 2.96 bits per heavy atom. The molecule has 2 heterocycles. The molecular weight excluding hydrogens is 314 g/mol. The molecule has 0 saturated heterocycles. The van der Waals surface area contributed by atoms with Crippen LogP contribution in [-0.2, 0) is 6.42 Å². The van der Waals surface area contributed by atoms with Gasteiger partial charge in [-0.25, -0.2) is 9.97 Å².